The molecule has 1 atom stereocenters. The SMILES string of the molecule is O=S(C=CCCN=C=S)c1ccc(Oc2ccccc2)cc1. The van der Waals surface area contributed by atoms with Crippen molar-refractivity contribution in [2.24, 2.45) is 4.99 Å². The summed E-state index contributed by atoms with van der Waals surface area (Å²) in [6.07, 6.45) is 2.53. The van der Waals surface area contributed by atoms with Crippen LogP contribution in [0.1, 0.15) is 6.42 Å². The molecule has 0 aliphatic rings. The van der Waals surface area contributed by atoms with E-state index in [9.17, 15) is 4.21 Å². The van der Waals surface area contributed by atoms with Gasteiger partial charge in [-0.05, 0) is 55.0 Å². The lowest BCUT2D eigenvalue weighted by Gasteiger charge is -2.05. The Hall–Kier alpha value is -2.07. The fourth-order valence-corrected chi connectivity index (χ4v) is 2.65. The molecule has 0 saturated heterocycles. The van der Waals surface area contributed by atoms with Crippen LogP contribution >= 0.6 is 12.2 Å². The highest BCUT2D eigenvalue weighted by atomic mass is 32.2. The van der Waals surface area contributed by atoms with Crippen molar-refractivity contribution in [2.45, 2.75) is 11.3 Å². The fraction of sp³-hybridized carbons (Fsp3) is 0.118. The Morgan fingerprint density at radius 1 is 1.09 bits per heavy atom. The first kappa shape index (κ1) is 16.3. The van der Waals surface area contributed by atoms with E-state index in [-0.39, 0.29) is 0 Å². The molecule has 0 N–H and O–H groups in total. The first-order valence-corrected chi connectivity index (χ1v) is 8.35. The molecule has 0 bridgehead atoms. The van der Waals surface area contributed by atoms with Crippen LogP contribution in [0.15, 0.2) is 76.0 Å². The van der Waals surface area contributed by atoms with Gasteiger partial charge in [-0.2, -0.15) is 0 Å². The van der Waals surface area contributed by atoms with Gasteiger partial charge in [0.15, 0.2) is 0 Å². The molecule has 1 unspecified atom stereocenters. The van der Waals surface area contributed by atoms with Gasteiger partial charge in [0.2, 0.25) is 0 Å². The van der Waals surface area contributed by atoms with E-state index in [1.807, 2.05) is 48.5 Å². The van der Waals surface area contributed by atoms with E-state index in [4.69, 9.17) is 4.74 Å². The van der Waals surface area contributed by atoms with E-state index >= 15 is 0 Å². The molecule has 0 aromatic heterocycles. The predicted octanol–water partition coefficient (Wildman–Crippen LogP) is 4.59. The zero-order valence-electron chi connectivity index (χ0n) is 11.8. The zero-order chi connectivity index (χ0) is 15.6. The van der Waals surface area contributed by atoms with Crippen LogP contribution in [0.5, 0.6) is 11.5 Å². The van der Waals surface area contributed by atoms with Crippen LogP contribution in [0.2, 0.25) is 0 Å². The van der Waals surface area contributed by atoms with Gasteiger partial charge < -0.3 is 4.74 Å². The number of hydrogen-bond donors (Lipinski definition) is 0. The third-order valence-corrected chi connectivity index (χ3v) is 4.03. The Bertz CT molecular complexity index is 690. The van der Waals surface area contributed by atoms with Gasteiger partial charge in [0.05, 0.1) is 22.5 Å². The number of benzene rings is 2. The minimum Gasteiger partial charge on any atom is -0.457 e. The lowest BCUT2D eigenvalue weighted by Crippen LogP contribution is -1.88. The summed E-state index contributed by atoms with van der Waals surface area (Å²) < 4.78 is 17.8. The van der Waals surface area contributed by atoms with Gasteiger partial charge in [-0.15, -0.1) is 0 Å². The van der Waals surface area contributed by atoms with Crippen molar-refractivity contribution in [3.63, 3.8) is 0 Å². The molecule has 0 heterocycles. The number of aliphatic imine (C=N–C) groups is 1. The predicted molar refractivity (Wildman–Crippen MR) is 93.0 cm³/mol. The Labute approximate surface area is 137 Å². The van der Waals surface area contributed by atoms with E-state index in [0.29, 0.717) is 18.7 Å². The summed E-state index contributed by atoms with van der Waals surface area (Å²) in [5.41, 5.74) is 0. The zero-order valence-corrected chi connectivity index (χ0v) is 13.5. The Balaban J connectivity index is 1.93. The highest BCUT2D eigenvalue weighted by molar-refractivity contribution is 7.88. The quantitative estimate of drug-likeness (QED) is 0.423. The summed E-state index contributed by atoms with van der Waals surface area (Å²) in [6.45, 7) is 0.570. The lowest BCUT2D eigenvalue weighted by atomic mass is 10.3. The van der Waals surface area contributed by atoms with Crippen molar-refractivity contribution in [2.75, 3.05) is 6.54 Å². The largest absolute Gasteiger partial charge is 0.457 e. The maximum atomic E-state index is 12.1. The highest BCUT2D eigenvalue weighted by Gasteiger charge is 2.01. The van der Waals surface area contributed by atoms with E-state index in [1.165, 1.54) is 0 Å². The number of para-hydroxylation sites is 1. The van der Waals surface area contributed by atoms with Crippen molar-refractivity contribution >= 4 is 28.2 Å². The molecule has 0 radical (unpaired) electrons. The van der Waals surface area contributed by atoms with Crippen molar-refractivity contribution in [3.8, 4) is 11.5 Å². The standard InChI is InChI=1S/C17H15NO2S2/c19-22(13-5-4-12-18-14-21)17-10-8-16(9-11-17)20-15-6-2-1-3-7-15/h1-3,5-11,13H,4,12H2. The molecule has 5 heteroatoms. The second-order valence-electron chi connectivity index (χ2n) is 4.32. The summed E-state index contributed by atoms with van der Waals surface area (Å²) in [5, 5.41) is 3.96. The smallest absolute Gasteiger partial charge is 0.127 e. The number of rotatable bonds is 7. The van der Waals surface area contributed by atoms with Crippen LogP contribution in [0.4, 0.5) is 0 Å². The van der Waals surface area contributed by atoms with Crippen LogP contribution in [0.25, 0.3) is 0 Å². The van der Waals surface area contributed by atoms with Gasteiger partial charge >= 0.3 is 0 Å². The van der Waals surface area contributed by atoms with Gasteiger partial charge in [0.1, 0.15) is 11.5 Å². The van der Waals surface area contributed by atoms with Gasteiger partial charge in [-0.25, -0.2) is 9.20 Å². The second kappa shape index (κ2) is 9.05. The monoisotopic (exact) mass is 329 g/mol. The summed E-state index contributed by atoms with van der Waals surface area (Å²) in [6, 6.07) is 16.8. The second-order valence-corrected chi connectivity index (χ2v) is 5.84. The summed E-state index contributed by atoms with van der Waals surface area (Å²) in [5.74, 6) is 1.49. The molecule has 2 aromatic carbocycles. The molecule has 0 spiro atoms. The average Bonchev–Trinajstić information content (AvgIpc) is 2.56. The molecule has 0 aliphatic carbocycles. The number of nitrogens with zero attached hydrogens (tertiary/aromatic N) is 1. The van der Waals surface area contributed by atoms with Crippen LogP contribution in [0.3, 0.4) is 0 Å². The van der Waals surface area contributed by atoms with Crippen molar-refractivity contribution < 1.29 is 8.95 Å². The Morgan fingerprint density at radius 2 is 1.77 bits per heavy atom. The normalized spacial score (nSPS) is 11.8. The van der Waals surface area contributed by atoms with Crippen LogP contribution in [0, 0.1) is 0 Å². The molecule has 3 nitrogen and oxygen atoms in total. The molecule has 2 aromatic rings. The van der Waals surface area contributed by atoms with Crippen molar-refractivity contribution in [1.82, 2.24) is 0 Å². The topological polar surface area (TPSA) is 38.7 Å². The first-order valence-electron chi connectivity index (χ1n) is 6.73. The third-order valence-electron chi connectivity index (χ3n) is 2.73. The Kier molecular flexibility index (Phi) is 6.71. The molecule has 0 fully saturated rings. The molecule has 0 aliphatic heterocycles. The number of hydrogen-bond acceptors (Lipinski definition) is 4. The Morgan fingerprint density at radius 3 is 2.45 bits per heavy atom. The van der Waals surface area contributed by atoms with Crippen LogP contribution in [-0.2, 0) is 10.8 Å². The highest BCUT2D eigenvalue weighted by Crippen LogP contribution is 2.22. The maximum Gasteiger partial charge on any atom is 0.127 e. The van der Waals surface area contributed by atoms with E-state index in [1.54, 1.807) is 17.5 Å². The molecular weight excluding hydrogens is 314 g/mol. The maximum absolute atomic E-state index is 12.1. The number of ether oxygens (including phenoxy) is 1. The van der Waals surface area contributed by atoms with Crippen molar-refractivity contribution in [3.05, 3.63) is 66.1 Å². The first-order chi connectivity index (χ1) is 10.8. The summed E-state index contributed by atoms with van der Waals surface area (Å²) >= 11 is 4.48. The summed E-state index contributed by atoms with van der Waals surface area (Å²) in [7, 11) is -1.17. The van der Waals surface area contributed by atoms with Crippen molar-refractivity contribution in [1.29, 1.82) is 0 Å². The third kappa shape index (κ3) is 5.37. The van der Waals surface area contributed by atoms with E-state index < -0.39 is 10.8 Å². The number of isothiocyanates is 1. The molecule has 0 amide bonds. The van der Waals surface area contributed by atoms with Gasteiger partial charge in [-0.3, -0.25) is 0 Å². The molecular formula is C17H15NO2S2. The molecule has 112 valence electrons. The van der Waals surface area contributed by atoms with Gasteiger partial charge in [-0.1, -0.05) is 24.3 Å². The van der Waals surface area contributed by atoms with Gasteiger partial charge in [0, 0.05) is 10.3 Å². The average molecular weight is 329 g/mol. The molecule has 22 heavy (non-hydrogen) atoms. The van der Waals surface area contributed by atoms with E-state index in [0.717, 1.165) is 10.6 Å². The minimum absolute atomic E-state index is 0.570. The molecule has 0 saturated carbocycles. The fourth-order valence-electron chi connectivity index (χ4n) is 1.69. The van der Waals surface area contributed by atoms with Crippen LogP contribution in [-0.4, -0.2) is 15.9 Å². The van der Waals surface area contributed by atoms with Gasteiger partial charge in [0.25, 0.3) is 0 Å². The minimum atomic E-state index is -1.17. The lowest BCUT2D eigenvalue weighted by molar-refractivity contribution is 0.482. The summed E-state index contributed by atoms with van der Waals surface area (Å²) in [4.78, 5) is 4.52. The number of thiocarbonyl (C=S) groups is 1. The van der Waals surface area contributed by atoms with Crippen LogP contribution < -0.4 is 4.74 Å². The van der Waals surface area contributed by atoms with E-state index in [2.05, 4.69) is 22.4 Å². The molecule has 2 rings (SSSR count).